The molecule has 0 aromatic heterocycles. The maximum atomic E-state index is 13.3. The molecule has 3 N–H and O–H groups in total. The van der Waals surface area contributed by atoms with Gasteiger partial charge in [-0.15, -0.1) is 0 Å². The summed E-state index contributed by atoms with van der Waals surface area (Å²) in [5.74, 6) is -0.342. The van der Waals surface area contributed by atoms with E-state index in [9.17, 15) is 4.39 Å². The first-order chi connectivity index (χ1) is 9.54. The molecule has 104 valence electrons. The van der Waals surface area contributed by atoms with Gasteiger partial charge in [-0.25, -0.2) is 4.39 Å². The Labute approximate surface area is 124 Å². The van der Waals surface area contributed by atoms with Crippen molar-refractivity contribution in [3.05, 3.63) is 58.3 Å². The topological polar surface area (TPSA) is 61.8 Å². The summed E-state index contributed by atoms with van der Waals surface area (Å²) < 4.78 is 14.0. The molecule has 0 atom stereocenters. The molecule has 0 fully saturated rings. The first-order valence-electron chi connectivity index (χ1n) is 5.80. The maximum absolute atomic E-state index is 13.3. The number of hydrogen-bond donors (Lipinski definition) is 2. The highest BCUT2D eigenvalue weighted by molar-refractivity contribution is 9.10. The van der Waals surface area contributed by atoms with Gasteiger partial charge in [0.05, 0.1) is 11.3 Å². The molecule has 0 bridgehead atoms. The molecule has 0 spiro atoms. The number of nitrogens with two attached hydrogens (primary N) is 1. The smallest absolute Gasteiger partial charge is 0.173 e. The highest BCUT2D eigenvalue weighted by atomic mass is 79.9. The van der Waals surface area contributed by atoms with Gasteiger partial charge in [0.15, 0.2) is 5.84 Å². The second-order valence-electron chi connectivity index (χ2n) is 4.16. The van der Waals surface area contributed by atoms with Crippen LogP contribution in [0.5, 0.6) is 0 Å². The zero-order chi connectivity index (χ0) is 14.7. The van der Waals surface area contributed by atoms with Gasteiger partial charge in [0.1, 0.15) is 5.82 Å². The third-order valence-electron chi connectivity index (χ3n) is 2.91. The molecule has 2 aromatic rings. The molecule has 4 nitrogen and oxygen atoms in total. The second kappa shape index (κ2) is 5.92. The van der Waals surface area contributed by atoms with Crippen molar-refractivity contribution in [2.45, 2.75) is 0 Å². The second-order valence-corrected chi connectivity index (χ2v) is 5.01. The minimum absolute atomic E-state index is 0.0178. The summed E-state index contributed by atoms with van der Waals surface area (Å²) in [6, 6.07) is 11.6. The fourth-order valence-electron chi connectivity index (χ4n) is 1.92. The lowest BCUT2D eigenvalue weighted by Crippen LogP contribution is -2.20. The molecule has 0 aliphatic carbocycles. The molecular weight excluding hydrogens is 325 g/mol. The quantitative estimate of drug-likeness (QED) is 0.390. The molecule has 2 rings (SSSR count). The SMILES string of the molecule is CN(c1cccc(F)c1)c1cccc(Br)c1/C(N)=N/O. The molecule has 0 saturated carbocycles. The summed E-state index contributed by atoms with van der Waals surface area (Å²) >= 11 is 3.37. The van der Waals surface area contributed by atoms with Crippen LogP contribution >= 0.6 is 15.9 Å². The Kier molecular flexibility index (Phi) is 4.24. The number of hydrogen-bond acceptors (Lipinski definition) is 3. The van der Waals surface area contributed by atoms with Crippen molar-refractivity contribution >= 4 is 33.1 Å². The van der Waals surface area contributed by atoms with Crippen molar-refractivity contribution in [2.75, 3.05) is 11.9 Å². The summed E-state index contributed by atoms with van der Waals surface area (Å²) in [5, 5.41) is 11.9. The first-order valence-corrected chi connectivity index (χ1v) is 6.59. The van der Waals surface area contributed by atoms with E-state index in [4.69, 9.17) is 10.9 Å². The Balaban J connectivity index is 2.55. The molecule has 0 saturated heterocycles. The van der Waals surface area contributed by atoms with Crippen LogP contribution in [-0.2, 0) is 0 Å². The van der Waals surface area contributed by atoms with Gasteiger partial charge >= 0.3 is 0 Å². The van der Waals surface area contributed by atoms with E-state index in [2.05, 4.69) is 21.1 Å². The maximum Gasteiger partial charge on any atom is 0.173 e. The first kappa shape index (κ1) is 14.3. The van der Waals surface area contributed by atoms with Gasteiger partial charge in [-0.3, -0.25) is 0 Å². The number of rotatable bonds is 3. The van der Waals surface area contributed by atoms with Crippen LogP contribution in [0.15, 0.2) is 52.1 Å². The largest absolute Gasteiger partial charge is 0.409 e. The van der Waals surface area contributed by atoms with E-state index in [1.807, 2.05) is 12.1 Å². The number of anilines is 2. The summed E-state index contributed by atoms with van der Waals surface area (Å²) in [6.45, 7) is 0. The van der Waals surface area contributed by atoms with Crippen molar-refractivity contribution in [1.29, 1.82) is 0 Å². The minimum Gasteiger partial charge on any atom is -0.409 e. The Hall–Kier alpha value is -2.08. The molecular formula is C14H13BrFN3O. The number of oxime groups is 1. The van der Waals surface area contributed by atoms with E-state index in [1.165, 1.54) is 12.1 Å². The molecule has 2 aromatic carbocycles. The van der Waals surface area contributed by atoms with Gasteiger partial charge < -0.3 is 15.8 Å². The molecule has 0 aliphatic rings. The molecule has 0 aliphatic heterocycles. The predicted octanol–water partition coefficient (Wildman–Crippen LogP) is 3.45. The van der Waals surface area contributed by atoms with Gasteiger partial charge in [-0.1, -0.05) is 17.3 Å². The van der Waals surface area contributed by atoms with Crippen LogP contribution in [0.4, 0.5) is 15.8 Å². The van der Waals surface area contributed by atoms with Gasteiger partial charge in [-0.05, 0) is 46.3 Å². The molecule has 0 amide bonds. The number of amidine groups is 1. The fourth-order valence-corrected chi connectivity index (χ4v) is 2.48. The average molecular weight is 338 g/mol. The Morgan fingerprint density at radius 1 is 1.30 bits per heavy atom. The van der Waals surface area contributed by atoms with E-state index < -0.39 is 0 Å². The lowest BCUT2D eigenvalue weighted by molar-refractivity contribution is 0.318. The highest BCUT2D eigenvalue weighted by Gasteiger charge is 2.15. The molecule has 0 heterocycles. The third-order valence-corrected chi connectivity index (χ3v) is 3.57. The molecule has 0 unspecified atom stereocenters. The normalized spacial score (nSPS) is 11.4. The number of nitrogens with zero attached hydrogens (tertiary/aromatic N) is 2. The fraction of sp³-hybridized carbons (Fsp3) is 0.0714. The Morgan fingerprint density at radius 2 is 2.00 bits per heavy atom. The monoisotopic (exact) mass is 337 g/mol. The summed E-state index contributed by atoms with van der Waals surface area (Å²) in [4.78, 5) is 1.77. The zero-order valence-corrected chi connectivity index (χ0v) is 12.3. The third kappa shape index (κ3) is 2.75. The minimum atomic E-state index is -0.324. The predicted molar refractivity (Wildman–Crippen MR) is 81.1 cm³/mol. The van der Waals surface area contributed by atoms with E-state index in [0.29, 0.717) is 21.4 Å². The van der Waals surface area contributed by atoms with Crippen molar-refractivity contribution < 1.29 is 9.60 Å². The molecule has 0 radical (unpaired) electrons. The van der Waals surface area contributed by atoms with Crippen LogP contribution in [0, 0.1) is 5.82 Å². The van der Waals surface area contributed by atoms with E-state index >= 15 is 0 Å². The van der Waals surface area contributed by atoms with Crippen LogP contribution in [-0.4, -0.2) is 18.1 Å². The van der Waals surface area contributed by atoms with E-state index in [0.717, 1.165) is 0 Å². The van der Waals surface area contributed by atoms with Crippen molar-refractivity contribution in [3.8, 4) is 0 Å². The zero-order valence-electron chi connectivity index (χ0n) is 10.7. The van der Waals surface area contributed by atoms with Crippen molar-refractivity contribution in [2.24, 2.45) is 10.9 Å². The van der Waals surface area contributed by atoms with Gasteiger partial charge in [0, 0.05) is 17.2 Å². The van der Waals surface area contributed by atoms with E-state index in [-0.39, 0.29) is 11.7 Å². The Morgan fingerprint density at radius 3 is 2.65 bits per heavy atom. The molecule has 6 heteroatoms. The summed E-state index contributed by atoms with van der Waals surface area (Å²) in [6.07, 6.45) is 0. The number of benzene rings is 2. The van der Waals surface area contributed by atoms with Crippen LogP contribution in [0.3, 0.4) is 0 Å². The van der Waals surface area contributed by atoms with Crippen LogP contribution in [0.1, 0.15) is 5.56 Å². The van der Waals surface area contributed by atoms with Gasteiger partial charge in [0.25, 0.3) is 0 Å². The summed E-state index contributed by atoms with van der Waals surface area (Å²) in [7, 11) is 1.78. The van der Waals surface area contributed by atoms with Gasteiger partial charge in [-0.2, -0.15) is 0 Å². The average Bonchev–Trinajstić information content (AvgIpc) is 2.45. The Bertz CT molecular complexity index is 661. The summed E-state index contributed by atoms with van der Waals surface area (Å²) in [5.41, 5.74) is 7.61. The lowest BCUT2D eigenvalue weighted by Gasteiger charge is -2.23. The van der Waals surface area contributed by atoms with Crippen LogP contribution < -0.4 is 10.6 Å². The van der Waals surface area contributed by atoms with Gasteiger partial charge in [0.2, 0.25) is 0 Å². The number of halogens is 2. The molecule has 20 heavy (non-hydrogen) atoms. The lowest BCUT2D eigenvalue weighted by atomic mass is 10.1. The van der Waals surface area contributed by atoms with Crippen LogP contribution in [0.25, 0.3) is 0 Å². The van der Waals surface area contributed by atoms with E-state index in [1.54, 1.807) is 30.1 Å². The highest BCUT2D eigenvalue weighted by Crippen LogP contribution is 2.31. The van der Waals surface area contributed by atoms with Crippen molar-refractivity contribution in [3.63, 3.8) is 0 Å². The van der Waals surface area contributed by atoms with Crippen LogP contribution in [0.2, 0.25) is 0 Å². The van der Waals surface area contributed by atoms with Crippen molar-refractivity contribution in [1.82, 2.24) is 0 Å². The standard InChI is InChI=1S/C14H13BrFN3O/c1-19(10-5-2-4-9(16)8-10)12-7-3-6-11(15)13(12)14(17)18-20/h2-8,20H,1H3,(H2,17,18).